The zero-order valence-electron chi connectivity index (χ0n) is 15.5. The summed E-state index contributed by atoms with van der Waals surface area (Å²) in [6.07, 6.45) is 20.4. The molecule has 0 saturated carbocycles. The van der Waals surface area contributed by atoms with E-state index < -0.39 is 0 Å². The first-order chi connectivity index (χ1) is 9.65. The Bertz CT molecular complexity index is 126. The first-order valence-electron chi connectivity index (χ1n) is 9.65. The molecule has 0 atom stereocenters. The van der Waals surface area contributed by atoms with E-state index in [1.807, 2.05) is 0 Å². The van der Waals surface area contributed by atoms with E-state index in [1.54, 1.807) is 0 Å². The maximum absolute atomic E-state index is 2.31. The highest BCUT2D eigenvalue weighted by Gasteiger charge is 1.92. The van der Waals surface area contributed by atoms with Gasteiger partial charge in [-0.25, -0.2) is 0 Å². The van der Waals surface area contributed by atoms with Crippen molar-refractivity contribution in [3.8, 4) is 0 Å². The lowest BCUT2D eigenvalue weighted by molar-refractivity contribution is 0.538. The van der Waals surface area contributed by atoms with Crippen molar-refractivity contribution in [1.82, 2.24) is 0 Å². The molecule has 0 aliphatic carbocycles. The SMILES string of the molecule is CCCCCCCCCCCCCCCC.[CH3][Al]([CH3])[CH3]. The largest absolute Gasteiger partial charge is 0.251 e. The molecule has 0 rings (SSSR count). The standard InChI is InChI=1S/C16H34.3CH3.Al/c1-3-5-7-9-11-13-15-16-14-12-10-8-6-4-2;;;;/h3-16H2,1-2H3;3*1H3;. The van der Waals surface area contributed by atoms with Crippen molar-refractivity contribution in [2.24, 2.45) is 0 Å². The molecule has 0 aliphatic heterocycles. The summed E-state index contributed by atoms with van der Waals surface area (Å²) in [5, 5.41) is 0. The van der Waals surface area contributed by atoms with Crippen LogP contribution in [0.2, 0.25) is 17.4 Å². The third kappa shape index (κ3) is 31.1. The van der Waals surface area contributed by atoms with E-state index in [4.69, 9.17) is 0 Å². The van der Waals surface area contributed by atoms with Crippen LogP contribution in [0.5, 0.6) is 0 Å². The minimum atomic E-state index is -0.139. The van der Waals surface area contributed by atoms with Crippen molar-refractivity contribution in [3.63, 3.8) is 0 Å². The van der Waals surface area contributed by atoms with Crippen molar-refractivity contribution in [2.75, 3.05) is 0 Å². The summed E-state index contributed by atoms with van der Waals surface area (Å²) in [6.45, 7) is 4.58. The van der Waals surface area contributed by atoms with E-state index in [0.717, 1.165) is 0 Å². The van der Waals surface area contributed by atoms with Gasteiger partial charge in [-0.2, -0.15) is 0 Å². The molecule has 0 spiro atoms. The summed E-state index contributed by atoms with van der Waals surface area (Å²) < 4.78 is 0. The number of unbranched alkanes of at least 4 members (excludes halogenated alkanes) is 13. The van der Waals surface area contributed by atoms with Gasteiger partial charge in [0.15, 0.2) is 0 Å². The molecule has 0 fully saturated rings. The van der Waals surface area contributed by atoms with E-state index in [2.05, 4.69) is 31.2 Å². The molecule has 0 radical (unpaired) electrons. The molecule has 0 heterocycles. The monoisotopic (exact) mass is 298 g/mol. The average Bonchev–Trinajstić information content (AvgIpc) is 2.39. The normalized spacial score (nSPS) is 10.1. The Labute approximate surface area is 135 Å². The fourth-order valence-corrected chi connectivity index (χ4v) is 2.27. The summed E-state index contributed by atoms with van der Waals surface area (Å²) in [5.41, 5.74) is 0. The maximum atomic E-state index is 2.31. The molecule has 0 aromatic rings. The van der Waals surface area contributed by atoms with Gasteiger partial charge in [-0.3, -0.25) is 0 Å². The van der Waals surface area contributed by atoms with Gasteiger partial charge in [0.25, 0.3) is 14.1 Å². The highest BCUT2D eigenvalue weighted by atomic mass is 27.2. The molecule has 0 unspecified atom stereocenters. The van der Waals surface area contributed by atoms with Gasteiger partial charge < -0.3 is 0 Å². The summed E-state index contributed by atoms with van der Waals surface area (Å²) in [4.78, 5) is 0. The Kier molecular flexibility index (Phi) is 24.9. The van der Waals surface area contributed by atoms with Crippen LogP contribution in [0.3, 0.4) is 0 Å². The molecule has 20 heavy (non-hydrogen) atoms. The van der Waals surface area contributed by atoms with Gasteiger partial charge in [-0.1, -0.05) is 104 Å². The van der Waals surface area contributed by atoms with E-state index in [-0.39, 0.29) is 14.1 Å². The Hall–Kier alpha value is 0.532. The molecule has 122 valence electrons. The minimum Gasteiger partial charge on any atom is -0.106 e. The molecule has 0 bridgehead atoms. The van der Waals surface area contributed by atoms with Gasteiger partial charge in [0.2, 0.25) is 0 Å². The topological polar surface area (TPSA) is 0 Å². The zero-order chi connectivity index (χ0) is 15.5. The maximum Gasteiger partial charge on any atom is 0.251 e. The lowest BCUT2D eigenvalue weighted by Gasteiger charge is -2.02. The predicted octanol–water partition coefficient (Wildman–Crippen LogP) is 7.86. The zero-order valence-corrected chi connectivity index (χ0v) is 16.6. The van der Waals surface area contributed by atoms with Crippen LogP contribution >= 0.6 is 0 Å². The van der Waals surface area contributed by atoms with Crippen LogP contribution in [0.25, 0.3) is 0 Å². The molecule has 0 aromatic carbocycles. The highest BCUT2D eigenvalue weighted by Crippen LogP contribution is 2.12. The van der Waals surface area contributed by atoms with Gasteiger partial charge in [-0.05, 0) is 0 Å². The molecular weight excluding hydrogens is 255 g/mol. The van der Waals surface area contributed by atoms with Gasteiger partial charge >= 0.3 is 0 Å². The second-order valence-electron chi connectivity index (χ2n) is 6.97. The Morgan fingerprint density at radius 2 is 0.550 bits per heavy atom. The van der Waals surface area contributed by atoms with Crippen molar-refractivity contribution >= 4 is 14.1 Å². The Morgan fingerprint density at radius 3 is 0.700 bits per heavy atom. The van der Waals surface area contributed by atoms with E-state index in [9.17, 15) is 0 Å². The molecule has 1 heteroatoms. The lowest BCUT2D eigenvalue weighted by Crippen LogP contribution is -1.84. The third-order valence-corrected chi connectivity index (χ3v) is 3.46. The second-order valence-corrected chi connectivity index (χ2v) is 10.4. The summed E-state index contributed by atoms with van der Waals surface area (Å²) in [7, 11) is 0. The summed E-state index contributed by atoms with van der Waals surface area (Å²) >= 11 is -0.139. The van der Waals surface area contributed by atoms with Crippen molar-refractivity contribution in [2.45, 2.75) is 121 Å². The number of hydrogen-bond acceptors (Lipinski definition) is 0. The highest BCUT2D eigenvalue weighted by molar-refractivity contribution is 6.54. The number of rotatable bonds is 13. The summed E-state index contributed by atoms with van der Waals surface area (Å²) in [5.74, 6) is 6.92. The van der Waals surface area contributed by atoms with Crippen molar-refractivity contribution in [3.05, 3.63) is 0 Å². The molecular formula is C19H43Al. The molecule has 0 aliphatic rings. The van der Waals surface area contributed by atoms with Crippen LogP contribution < -0.4 is 0 Å². The average molecular weight is 299 g/mol. The smallest absolute Gasteiger partial charge is 0.106 e. The van der Waals surface area contributed by atoms with Crippen LogP contribution in [-0.4, -0.2) is 14.1 Å². The fourth-order valence-electron chi connectivity index (χ4n) is 2.27. The lowest BCUT2D eigenvalue weighted by atomic mass is 10.0. The van der Waals surface area contributed by atoms with Gasteiger partial charge in [0.05, 0.1) is 0 Å². The quantitative estimate of drug-likeness (QED) is 0.240. The molecule has 0 N–H and O–H groups in total. The van der Waals surface area contributed by atoms with Crippen LogP contribution in [0.1, 0.15) is 104 Å². The molecule has 0 nitrogen and oxygen atoms in total. The Balaban J connectivity index is 0. The van der Waals surface area contributed by atoms with Gasteiger partial charge in [-0.15, -0.1) is 17.4 Å². The van der Waals surface area contributed by atoms with Crippen LogP contribution in [-0.2, 0) is 0 Å². The van der Waals surface area contributed by atoms with Crippen LogP contribution in [0.15, 0.2) is 0 Å². The summed E-state index contributed by atoms with van der Waals surface area (Å²) in [6, 6.07) is 0. The predicted molar refractivity (Wildman–Crippen MR) is 99.3 cm³/mol. The van der Waals surface area contributed by atoms with E-state index >= 15 is 0 Å². The van der Waals surface area contributed by atoms with E-state index in [0.29, 0.717) is 0 Å². The van der Waals surface area contributed by atoms with Crippen LogP contribution in [0, 0.1) is 0 Å². The number of hydrogen-bond donors (Lipinski definition) is 0. The van der Waals surface area contributed by atoms with Crippen molar-refractivity contribution in [1.29, 1.82) is 0 Å². The fraction of sp³-hybridized carbons (Fsp3) is 1.00. The minimum absolute atomic E-state index is 0.139. The Morgan fingerprint density at radius 1 is 0.400 bits per heavy atom. The molecule has 0 aromatic heterocycles. The third-order valence-electron chi connectivity index (χ3n) is 3.46. The molecule has 0 saturated heterocycles. The van der Waals surface area contributed by atoms with Crippen molar-refractivity contribution < 1.29 is 0 Å². The first kappa shape index (κ1) is 22.8. The first-order valence-corrected chi connectivity index (χ1v) is 13.1. The van der Waals surface area contributed by atoms with E-state index in [1.165, 1.54) is 89.9 Å². The second kappa shape index (κ2) is 21.8. The van der Waals surface area contributed by atoms with Gasteiger partial charge in [0.1, 0.15) is 0 Å². The molecule has 0 amide bonds. The van der Waals surface area contributed by atoms with Gasteiger partial charge in [0, 0.05) is 0 Å². The van der Waals surface area contributed by atoms with Crippen LogP contribution in [0.4, 0.5) is 0 Å².